The summed E-state index contributed by atoms with van der Waals surface area (Å²) in [6.07, 6.45) is 5.63. The average Bonchev–Trinajstić information content (AvgIpc) is 2.05. The fraction of sp³-hybridized carbons (Fsp3) is 0.889. The van der Waals surface area contributed by atoms with Crippen LogP contribution in [0.25, 0.3) is 0 Å². The predicted octanol–water partition coefficient (Wildman–Crippen LogP) is 3.33. The Hall–Kier alpha value is -0.240. The first-order valence-electron chi connectivity index (χ1n) is 4.58. The molecule has 1 aliphatic rings. The Morgan fingerprint density at radius 3 is 2.42 bits per heavy atom. The van der Waals surface area contributed by atoms with Gasteiger partial charge in [-0.3, -0.25) is 0 Å². The number of carbonyl (C=O) groups is 1. The summed E-state index contributed by atoms with van der Waals surface area (Å²) in [5.41, 5.74) is -0.657. The van der Waals surface area contributed by atoms with Crippen molar-refractivity contribution in [2.24, 2.45) is 5.92 Å². The molecule has 2 nitrogen and oxygen atoms in total. The lowest BCUT2D eigenvalue weighted by Crippen LogP contribution is -2.22. The average molecular weight is 191 g/mol. The van der Waals surface area contributed by atoms with Gasteiger partial charge in [0.1, 0.15) is 6.10 Å². The van der Waals surface area contributed by atoms with Gasteiger partial charge in [0.25, 0.3) is 0 Å². The van der Waals surface area contributed by atoms with Crippen molar-refractivity contribution < 1.29 is 9.53 Å². The molecule has 0 saturated heterocycles. The van der Waals surface area contributed by atoms with Crippen molar-refractivity contribution in [1.82, 2.24) is 0 Å². The quantitative estimate of drug-likeness (QED) is 0.625. The van der Waals surface area contributed by atoms with Gasteiger partial charge in [0.15, 0.2) is 0 Å². The maximum Gasteiger partial charge on any atom is 0.404 e. The van der Waals surface area contributed by atoms with Crippen molar-refractivity contribution >= 4 is 17.0 Å². The molecule has 12 heavy (non-hydrogen) atoms. The van der Waals surface area contributed by atoms with Gasteiger partial charge in [0.2, 0.25) is 0 Å². The molecule has 0 heterocycles. The van der Waals surface area contributed by atoms with Gasteiger partial charge in [-0.2, -0.15) is 0 Å². The van der Waals surface area contributed by atoms with Crippen molar-refractivity contribution in [2.75, 3.05) is 0 Å². The summed E-state index contributed by atoms with van der Waals surface area (Å²) in [7, 11) is 0. The molecule has 0 aromatic carbocycles. The van der Waals surface area contributed by atoms with Crippen molar-refractivity contribution in [3.63, 3.8) is 0 Å². The van der Waals surface area contributed by atoms with Gasteiger partial charge in [-0.1, -0.05) is 13.3 Å². The zero-order valence-electron chi connectivity index (χ0n) is 7.38. The van der Waals surface area contributed by atoms with E-state index in [0.717, 1.165) is 18.8 Å². The van der Waals surface area contributed by atoms with E-state index in [-0.39, 0.29) is 6.10 Å². The summed E-state index contributed by atoms with van der Waals surface area (Å²) in [5, 5.41) is 0. The fourth-order valence-electron chi connectivity index (χ4n) is 1.79. The van der Waals surface area contributed by atoms with E-state index in [9.17, 15) is 4.79 Å². The van der Waals surface area contributed by atoms with E-state index in [1.165, 1.54) is 19.3 Å². The number of rotatable bonds is 2. The van der Waals surface area contributed by atoms with Gasteiger partial charge in [-0.15, -0.1) is 0 Å². The van der Waals surface area contributed by atoms with Gasteiger partial charge in [0.05, 0.1) is 0 Å². The first kappa shape index (κ1) is 9.85. The van der Waals surface area contributed by atoms with Crippen LogP contribution in [0.5, 0.6) is 0 Å². The molecule has 0 aliphatic heterocycles. The van der Waals surface area contributed by atoms with Crippen molar-refractivity contribution in [3.05, 3.63) is 0 Å². The number of ether oxygens (including phenoxy) is 1. The normalized spacial score (nSPS) is 29.8. The maximum absolute atomic E-state index is 10.4. The highest BCUT2D eigenvalue weighted by molar-refractivity contribution is 6.61. The SMILES string of the molecule is CCC1CCC(OC(=O)Cl)CC1. The molecule has 1 aliphatic carbocycles. The molecule has 0 radical (unpaired) electrons. The molecule has 0 atom stereocenters. The molecule has 0 N–H and O–H groups in total. The molecular formula is C9H15ClO2. The standard InChI is InChI=1S/C9H15ClO2/c1-2-7-3-5-8(6-4-7)12-9(10)11/h7-8H,2-6H2,1H3. The third-order valence-electron chi connectivity index (χ3n) is 2.63. The van der Waals surface area contributed by atoms with Gasteiger partial charge in [0, 0.05) is 11.6 Å². The lowest BCUT2D eigenvalue weighted by Gasteiger charge is -2.26. The van der Waals surface area contributed by atoms with Crippen LogP contribution in [0.15, 0.2) is 0 Å². The van der Waals surface area contributed by atoms with Gasteiger partial charge < -0.3 is 4.74 Å². The zero-order chi connectivity index (χ0) is 8.97. The molecular weight excluding hydrogens is 176 g/mol. The van der Waals surface area contributed by atoms with Crippen LogP contribution < -0.4 is 0 Å². The number of hydrogen-bond acceptors (Lipinski definition) is 2. The maximum atomic E-state index is 10.4. The summed E-state index contributed by atoms with van der Waals surface area (Å²) >= 11 is 5.12. The minimum atomic E-state index is -0.657. The van der Waals surface area contributed by atoms with Crippen molar-refractivity contribution in [2.45, 2.75) is 45.1 Å². The molecule has 3 heteroatoms. The molecule has 1 saturated carbocycles. The molecule has 1 fully saturated rings. The summed E-state index contributed by atoms with van der Waals surface area (Å²) in [4.78, 5) is 10.4. The Morgan fingerprint density at radius 1 is 1.42 bits per heavy atom. The largest absolute Gasteiger partial charge is 0.450 e. The predicted molar refractivity (Wildman–Crippen MR) is 48.4 cm³/mol. The van der Waals surface area contributed by atoms with Crippen molar-refractivity contribution in [1.29, 1.82) is 0 Å². The summed E-state index contributed by atoms with van der Waals surface area (Å²) < 4.78 is 4.91. The van der Waals surface area contributed by atoms with Crippen LogP contribution in [0.4, 0.5) is 4.79 Å². The third-order valence-corrected chi connectivity index (χ3v) is 2.72. The highest BCUT2D eigenvalue weighted by atomic mass is 35.5. The molecule has 0 amide bonds. The van der Waals surface area contributed by atoms with E-state index < -0.39 is 5.43 Å². The Labute approximate surface area is 78.2 Å². The Balaban J connectivity index is 2.21. The molecule has 0 unspecified atom stereocenters. The number of hydrogen-bond donors (Lipinski definition) is 0. The second-order valence-corrected chi connectivity index (χ2v) is 3.72. The van der Waals surface area contributed by atoms with E-state index in [1.54, 1.807) is 0 Å². The number of carbonyl (C=O) groups excluding carboxylic acids is 1. The van der Waals surface area contributed by atoms with Gasteiger partial charge >= 0.3 is 5.43 Å². The Morgan fingerprint density at radius 2 is 2.00 bits per heavy atom. The molecule has 1 rings (SSSR count). The minimum Gasteiger partial charge on any atom is -0.450 e. The molecule has 0 aromatic heterocycles. The third kappa shape index (κ3) is 3.02. The van der Waals surface area contributed by atoms with E-state index in [0.29, 0.717) is 0 Å². The van der Waals surface area contributed by atoms with Crippen LogP contribution in [0.1, 0.15) is 39.0 Å². The zero-order valence-corrected chi connectivity index (χ0v) is 8.14. The smallest absolute Gasteiger partial charge is 0.404 e. The first-order chi connectivity index (χ1) is 5.72. The second kappa shape index (κ2) is 4.70. The molecule has 70 valence electrons. The number of halogens is 1. The van der Waals surface area contributed by atoms with Crippen LogP contribution in [0.3, 0.4) is 0 Å². The molecule has 0 aromatic rings. The van der Waals surface area contributed by atoms with Crippen molar-refractivity contribution in [3.8, 4) is 0 Å². The summed E-state index contributed by atoms with van der Waals surface area (Å²) in [5.74, 6) is 0.829. The first-order valence-corrected chi connectivity index (χ1v) is 4.96. The summed E-state index contributed by atoms with van der Waals surface area (Å²) in [6, 6.07) is 0. The van der Waals surface area contributed by atoms with E-state index in [1.807, 2.05) is 0 Å². The van der Waals surface area contributed by atoms with Crippen LogP contribution in [0.2, 0.25) is 0 Å². The van der Waals surface area contributed by atoms with Crippen LogP contribution in [-0.2, 0) is 4.74 Å². The monoisotopic (exact) mass is 190 g/mol. The minimum absolute atomic E-state index is 0.0813. The lowest BCUT2D eigenvalue weighted by molar-refractivity contribution is 0.0817. The van der Waals surface area contributed by atoms with Gasteiger partial charge in [-0.05, 0) is 31.6 Å². The van der Waals surface area contributed by atoms with Crippen LogP contribution >= 0.6 is 11.6 Å². The van der Waals surface area contributed by atoms with E-state index >= 15 is 0 Å². The van der Waals surface area contributed by atoms with Gasteiger partial charge in [-0.25, -0.2) is 4.79 Å². The van der Waals surface area contributed by atoms with Crippen LogP contribution in [-0.4, -0.2) is 11.5 Å². The second-order valence-electron chi connectivity index (χ2n) is 3.41. The van der Waals surface area contributed by atoms with E-state index in [4.69, 9.17) is 16.3 Å². The Bertz CT molecular complexity index is 151. The highest BCUT2D eigenvalue weighted by Gasteiger charge is 2.21. The molecule has 0 bridgehead atoms. The topological polar surface area (TPSA) is 26.3 Å². The van der Waals surface area contributed by atoms with Crippen LogP contribution in [0, 0.1) is 5.92 Å². The fourth-order valence-corrected chi connectivity index (χ4v) is 1.91. The highest BCUT2D eigenvalue weighted by Crippen LogP contribution is 2.28. The Kier molecular flexibility index (Phi) is 3.86. The summed E-state index contributed by atoms with van der Waals surface area (Å²) in [6.45, 7) is 2.21. The lowest BCUT2D eigenvalue weighted by atomic mass is 9.86. The van der Waals surface area contributed by atoms with E-state index in [2.05, 4.69) is 6.92 Å². The molecule has 0 spiro atoms.